The van der Waals surface area contributed by atoms with Gasteiger partial charge in [0.05, 0.1) is 27.8 Å². The first kappa shape index (κ1) is 31.9. The largest absolute Gasteiger partial charge is 0.462 e. The van der Waals surface area contributed by atoms with Crippen molar-refractivity contribution < 1.29 is 42.9 Å². The molecule has 0 aromatic carbocycles. The maximum atomic E-state index is 13.0. The fourth-order valence-corrected chi connectivity index (χ4v) is 2.95. The quantitative estimate of drug-likeness (QED) is 0.392. The molecule has 1 fully saturated rings. The summed E-state index contributed by atoms with van der Waals surface area (Å²) in [4.78, 5) is 51.2. The lowest BCUT2D eigenvalue weighted by Gasteiger charge is -2.45. The molecule has 36 heavy (non-hydrogen) atoms. The highest BCUT2D eigenvalue weighted by molar-refractivity contribution is 5.78. The first-order valence-corrected chi connectivity index (χ1v) is 12.4. The van der Waals surface area contributed by atoms with Crippen LogP contribution in [0.15, 0.2) is 0 Å². The van der Waals surface area contributed by atoms with Crippen molar-refractivity contribution in [2.75, 3.05) is 6.61 Å². The van der Waals surface area contributed by atoms with Crippen LogP contribution in [0.1, 0.15) is 90.0 Å². The average Bonchev–Trinajstić information content (AvgIpc) is 2.67. The molecule has 5 atom stereocenters. The van der Waals surface area contributed by atoms with E-state index in [9.17, 15) is 19.2 Å². The molecule has 0 spiro atoms. The van der Waals surface area contributed by atoms with E-state index in [0.29, 0.717) is 0 Å². The van der Waals surface area contributed by atoms with Crippen molar-refractivity contribution in [2.45, 2.75) is 121 Å². The summed E-state index contributed by atoms with van der Waals surface area (Å²) in [6.07, 6.45) is -5.14. The molecule has 0 bridgehead atoms. The fraction of sp³-hybridized carbons (Fsp3) is 0.852. The lowest BCUT2D eigenvalue weighted by Crippen LogP contribution is -2.63. The number of hydrogen-bond donors (Lipinski definition) is 0. The fourth-order valence-electron chi connectivity index (χ4n) is 2.95. The molecule has 1 rings (SSSR count). The van der Waals surface area contributed by atoms with Crippen molar-refractivity contribution >= 4 is 23.9 Å². The van der Waals surface area contributed by atoms with Crippen LogP contribution in [0.5, 0.6) is 0 Å². The molecule has 9 nitrogen and oxygen atoms in total. The predicted molar refractivity (Wildman–Crippen MR) is 133 cm³/mol. The number of rotatable bonds is 5. The summed E-state index contributed by atoms with van der Waals surface area (Å²) in [6, 6.07) is 0. The zero-order valence-electron chi connectivity index (χ0n) is 24.3. The van der Waals surface area contributed by atoms with E-state index >= 15 is 0 Å². The Morgan fingerprint density at radius 3 is 1.25 bits per heavy atom. The van der Waals surface area contributed by atoms with Crippen LogP contribution in [-0.4, -0.2) is 61.0 Å². The number of hydrogen-bond acceptors (Lipinski definition) is 9. The smallest absolute Gasteiger partial charge is 0.311 e. The van der Waals surface area contributed by atoms with Crippen molar-refractivity contribution in [1.82, 2.24) is 0 Å². The molecule has 0 N–H and O–H groups in total. The Hall–Kier alpha value is -2.16. The highest BCUT2D eigenvalue weighted by Gasteiger charge is 2.53. The lowest BCUT2D eigenvalue weighted by atomic mass is 9.91. The molecule has 0 aliphatic carbocycles. The van der Waals surface area contributed by atoms with E-state index in [1.807, 2.05) is 0 Å². The molecule has 0 aromatic heterocycles. The molecule has 0 aromatic rings. The first-order valence-electron chi connectivity index (χ1n) is 12.4. The van der Waals surface area contributed by atoms with Gasteiger partial charge in [0.2, 0.25) is 0 Å². The van der Waals surface area contributed by atoms with Gasteiger partial charge < -0.3 is 23.7 Å². The second-order valence-electron chi connectivity index (χ2n) is 13.6. The van der Waals surface area contributed by atoms with E-state index in [0.717, 1.165) is 0 Å². The molecule has 1 heterocycles. The Morgan fingerprint density at radius 1 is 0.556 bits per heavy atom. The highest BCUT2D eigenvalue weighted by atomic mass is 16.7. The average molecular weight is 515 g/mol. The van der Waals surface area contributed by atoms with Gasteiger partial charge >= 0.3 is 23.9 Å². The van der Waals surface area contributed by atoms with Crippen molar-refractivity contribution in [1.29, 1.82) is 0 Å². The molecule has 0 saturated carbocycles. The molecule has 9 heteroatoms. The monoisotopic (exact) mass is 514 g/mol. The van der Waals surface area contributed by atoms with Gasteiger partial charge in [-0.1, -0.05) is 0 Å². The topological polar surface area (TPSA) is 114 Å². The minimum Gasteiger partial charge on any atom is -0.462 e. The Bertz CT molecular complexity index is 818. The first-order chi connectivity index (χ1) is 16.0. The lowest BCUT2D eigenvalue weighted by molar-refractivity contribution is -0.257. The van der Waals surface area contributed by atoms with Gasteiger partial charge in [-0.15, -0.1) is 0 Å². The van der Waals surface area contributed by atoms with Gasteiger partial charge in [-0.2, -0.15) is 0 Å². The Kier molecular flexibility index (Phi) is 9.80. The minimum absolute atomic E-state index is 0.244. The predicted octanol–water partition coefficient (Wildman–Crippen LogP) is 4.24. The van der Waals surface area contributed by atoms with Crippen LogP contribution in [0.25, 0.3) is 0 Å². The standard InChI is InChI=1S/C27H46O9/c1-15-17(34-21(29)25(5,6)7)19(36-23(31)27(11,12)13)18(35-22(30)26(8,9)10)16(33-15)14-32-20(28)24(2,3)4/h15-19H,14H2,1-13H3/t15-,16-,17+,18-,19-/m1/s1. The molecule has 208 valence electrons. The number of carbonyl (C=O) groups excluding carboxylic acids is 4. The molecule has 1 aliphatic rings. The van der Waals surface area contributed by atoms with Crippen LogP contribution in [0.4, 0.5) is 0 Å². The van der Waals surface area contributed by atoms with Crippen molar-refractivity contribution in [2.24, 2.45) is 21.7 Å². The summed E-state index contributed by atoms with van der Waals surface area (Å²) in [5, 5.41) is 0. The van der Waals surface area contributed by atoms with Gasteiger partial charge in [-0.25, -0.2) is 0 Å². The zero-order chi connectivity index (χ0) is 28.4. The Morgan fingerprint density at radius 2 is 0.889 bits per heavy atom. The molecule has 1 saturated heterocycles. The van der Waals surface area contributed by atoms with Crippen LogP contribution < -0.4 is 0 Å². The Labute approximate surface area is 215 Å². The second-order valence-corrected chi connectivity index (χ2v) is 13.6. The summed E-state index contributed by atoms with van der Waals surface area (Å²) < 4.78 is 29.0. The maximum Gasteiger partial charge on any atom is 0.311 e. The zero-order valence-corrected chi connectivity index (χ0v) is 24.3. The minimum atomic E-state index is -1.19. The van der Waals surface area contributed by atoms with E-state index in [-0.39, 0.29) is 6.61 Å². The Balaban J connectivity index is 3.50. The van der Waals surface area contributed by atoms with Gasteiger partial charge in [0, 0.05) is 0 Å². The third-order valence-electron chi connectivity index (χ3n) is 5.42. The molecule has 1 aliphatic heterocycles. The normalized spacial score (nSPS) is 25.5. The van der Waals surface area contributed by atoms with Crippen molar-refractivity contribution in [3.8, 4) is 0 Å². The third kappa shape index (κ3) is 8.75. The number of esters is 4. The van der Waals surface area contributed by atoms with Gasteiger partial charge in [0.15, 0.2) is 18.3 Å². The summed E-state index contributed by atoms with van der Waals surface area (Å²) in [7, 11) is 0. The highest BCUT2D eigenvalue weighted by Crippen LogP contribution is 2.33. The molecular formula is C27H46O9. The molecule has 0 unspecified atom stereocenters. The SMILES string of the molecule is C[C@H]1O[C@H](COC(=O)C(C)(C)C)[C@@H](OC(=O)C(C)(C)C)[C@H](OC(=O)C(C)(C)C)[C@H]1OC(=O)C(C)(C)C. The number of carbonyl (C=O) groups is 4. The van der Waals surface area contributed by atoms with E-state index in [1.54, 1.807) is 90.0 Å². The molecule has 0 amide bonds. The van der Waals surface area contributed by atoms with E-state index in [4.69, 9.17) is 23.7 Å². The van der Waals surface area contributed by atoms with E-state index < -0.39 is 76.1 Å². The van der Waals surface area contributed by atoms with Gasteiger partial charge in [0.1, 0.15) is 12.7 Å². The van der Waals surface area contributed by atoms with Crippen LogP contribution in [0.3, 0.4) is 0 Å². The van der Waals surface area contributed by atoms with Crippen LogP contribution in [-0.2, 0) is 42.9 Å². The van der Waals surface area contributed by atoms with Gasteiger partial charge in [-0.3, -0.25) is 19.2 Å². The summed E-state index contributed by atoms with van der Waals surface area (Å²) in [6.45, 7) is 21.8. The van der Waals surface area contributed by atoms with Crippen LogP contribution in [0, 0.1) is 21.7 Å². The second kappa shape index (κ2) is 11.1. The summed E-state index contributed by atoms with van der Waals surface area (Å²) in [5.41, 5.74) is -3.37. The molecule has 0 radical (unpaired) electrons. The van der Waals surface area contributed by atoms with E-state index in [1.165, 1.54) is 0 Å². The van der Waals surface area contributed by atoms with Gasteiger partial charge in [-0.05, 0) is 90.0 Å². The summed E-state index contributed by atoms with van der Waals surface area (Å²) in [5.74, 6) is -2.14. The van der Waals surface area contributed by atoms with Crippen LogP contribution >= 0.6 is 0 Å². The van der Waals surface area contributed by atoms with Crippen molar-refractivity contribution in [3.63, 3.8) is 0 Å². The van der Waals surface area contributed by atoms with E-state index in [2.05, 4.69) is 0 Å². The number of ether oxygens (including phenoxy) is 5. The molecular weight excluding hydrogens is 468 g/mol. The maximum absolute atomic E-state index is 13.0. The third-order valence-corrected chi connectivity index (χ3v) is 5.42. The van der Waals surface area contributed by atoms with Crippen molar-refractivity contribution in [3.05, 3.63) is 0 Å². The van der Waals surface area contributed by atoms with Gasteiger partial charge in [0.25, 0.3) is 0 Å². The van der Waals surface area contributed by atoms with Crippen LogP contribution in [0.2, 0.25) is 0 Å². The summed E-state index contributed by atoms with van der Waals surface area (Å²) >= 11 is 0.